The highest BCUT2D eigenvalue weighted by Crippen LogP contribution is 2.25. The third kappa shape index (κ3) is 4.58. The van der Waals surface area contributed by atoms with E-state index < -0.39 is 5.82 Å². The third-order valence-electron chi connectivity index (χ3n) is 5.41. The van der Waals surface area contributed by atoms with Gasteiger partial charge in [0.25, 0.3) is 5.56 Å². The molecule has 0 fully saturated rings. The van der Waals surface area contributed by atoms with Gasteiger partial charge in [-0.05, 0) is 47.4 Å². The van der Waals surface area contributed by atoms with E-state index in [1.807, 2.05) is 54.6 Å². The monoisotopic (exact) mass is 453 g/mol. The topological polar surface area (TPSA) is 101 Å². The van der Waals surface area contributed by atoms with Crippen molar-refractivity contribution in [1.29, 1.82) is 0 Å². The summed E-state index contributed by atoms with van der Waals surface area (Å²) in [5.74, 6) is 0.216. The molecule has 5 aromatic rings. The van der Waals surface area contributed by atoms with Crippen LogP contribution in [-0.4, -0.2) is 30.2 Å². The number of tetrazole rings is 1. The van der Waals surface area contributed by atoms with Crippen molar-refractivity contribution in [2.75, 3.05) is 5.32 Å². The quantitative estimate of drug-likeness (QED) is 0.385. The molecule has 3 aromatic carbocycles. The fourth-order valence-corrected chi connectivity index (χ4v) is 3.62. The summed E-state index contributed by atoms with van der Waals surface area (Å²) in [5.41, 5.74) is 3.22. The zero-order valence-corrected chi connectivity index (χ0v) is 18.0. The van der Waals surface area contributed by atoms with Gasteiger partial charge in [-0.3, -0.25) is 9.36 Å². The summed E-state index contributed by atoms with van der Waals surface area (Å²) in [6.07, 6.45) is 4.49. The minimum absolute atomic E-state index is 0.0371. The minimum atomic E-state index is -0.469. The van der Waals surface area contributed by atoms with Crippen LogP contribution in [0.15, 0.2) is 90.0 Å². The van der Waals surface area contributed by atoms with Crippen molar-refractivity contribution in [2.24, 2.45) is 0 Å². The normalized spacial score (nSPS) is 10.9. The average Bonchev–Trinajstić information content (AvgIpc) is 3.40. The molecule has 0 spiro atoms. The summed E-state index contributed by atoms with van der Waals surface area (Å²) in [5, 5.41) is 16.7. The van der Waals surface area contributed by atoms with Gasteiger partial charge >= 0.3 is 0 Å². The molecular weight excluding hydrogens is 433 g/mol. The van der Waals surface area contributed by atoms with Crippen LogP contribution >= 0.6 is 0 Å². The lowest BCUT2D eigenvalue weighted by molar-refractivity contribution is 0.632. The van der Waals surface area contributed by atoms with E-state index in [0.717, 1.165) is 23.1 Å². The zero-order valence-electron chi connectivity index (χ0n) is 18.0. The van der Waals surface area contributed by atoms with Crippen molar-refractivity contribution in [2.45, 2.75) is 12.8 Å². The van der Waals surface area contributed by atoms with E-state index in [4.69, 9.17) is 0 Å². The predicted octanol–water partition coefficient (Wildman–Crippen LogP) is 4.08. The summed E-state index contributed by atoms with van der Waals surface area (Å²) >= 11 is 0. The summed E-state index contributed by atoms with van der Waals surface area (Å²) in [6.45, 7) is 0. The van der Waals surface area contributed by atoms with Crippen molar-refractivity contribution in [3.63, 3.8) is 0 Å². The standard InChI is InChI=1S/C25H20FN7O/c26-21-16-19(18-4-2-1-3-5-18)9-12-22(21)28-24-25(34)33(15-14-27-24)20-10-6-17(7-11-20)8-13-23-29-31-32-30-23/h1-7,9-12,14-16H,8,13H2,(H,27,28)(H,29,30,31,32). The van der Waals surface area contributed by atoms with Crippen LogP contribution in [0.5, 0.6) is 0 Å². The van der Waals surface area contributed by atoms with Gasteiger partial charge in [0.15, 0.2) is 11.6 Å². The zero-order chi connectivity index (χ0) is 23.3. The van der Waals surface area contributed by atoms with Gasteiger partial charge in [-0.25, -0.2) is 9.37 Å². The van der Waals surface area contributed by atoms with E-state index >= 15 is 0 Å². The second-order valence-electron chi connectivity index (χ2n) is 7.63. The number of nitrogens with one attached hydrogen (secondary N) is 2. The Morgan fingerprint density at radius 3 is 2.50 bits per heavy atom. The molecule has 0 saturated carbocycles. The Kier molecular flexibility index (Phi) is 5.89. The first kappa shape index (κ1) is 21.2. The van der Waals surface area contributed by atoms with Crippen molar-refractivity contribution in [3.05, 3.63) is 113 Å². The fourth-order valence-electron chi connectivity index (χ4n) is 3.62. The molecule has 0 aliphatic carbocycles. The molecule has 9 heteroatoms. The van der Waals surface area contributed by atoms with Crippen LogP contribution in [0.4, 0.5) is 15.9 Å². The first-order valence-electron chi connectivity index (χ1n) is 10.7. The summed E-state index contributed by atoms with van der Waals surface area (Å²) in [7, 11) is 0. The molecule has 0 unspecified atom stereocenters. The molecule has 8 nitrogen and oxygen atoms in total. The molecule has 2 aromatic heterocycles. The number of aromatic nitrogens is 6. The number of aromatic amines is 1. The molecule has 5 rings (SSSR count). The molecule has 0 saturated heterocycles. The van der Waals surface area contributed by atoms with Crippen molar-refractivity contribution < 1.29 is 4.39 Å². The lowest BCUT2D eigenvalue weighted by Crippen LogP contribution is -2.22. The van der Waals surface area contributed by atoms with Crippen molar-refractivity contribution in [1.82, 2.24) is 30.2 Å². The SMILES string of the molecule is O=c1c(Nc2ccc(-c3ccccc3)cc2F)nccn1-c1ccc(CCc2nn[nH]n2)cc1. The molecule has 34 heavy (non-hydrogen) atoms. The second kappa shape index (κ2) is 9.45. The molecule has 2 N–H and O–H groups in total. The van der Waals surface area contributed by atoms with Gasteiger partial charge in [0, 0.05) is 24.5 Å². The van der Waals surface area contributed by atoms with Crippen molar-refractivity contribution in [3.8, 4) is 16.8 Å². The van der Waals surface area contributed by atoms with Crippen molar-refractivity contribution >= 4 is 11.5 Å². The number of nitrogens with zero attached hydrogens (tertiary/aromatic N) is 5. The highest BCUT2D eigenvalue weighted by Gasteiger charge is 2.11. The highest BCUT2D eigenvalue weighted by atomic mass is 19.1. The lowest BCUT2D eigenvalue weighted by atomic mass is 10.1. The molecule has 0 radical (unpaired) electrons. The van der Waals surface area contributed by atoms with Crippen LogP contribution in [0.2, 0.25) is 0 Å². The van der Waals surface area contributed by atoms with Gasteiger partial charge in [-0.15, -0.1) is 10.2 Å². The maximum atomic E-state index is 14.8. The molecule has 2 heterocycles. The maximum Gasteiger partial charge on any atom is 0.298 e. The van der Waals surface area contributed by atoms with Crippen LogP contribution < -0.4 is 10.9 Å². The van der Waals surface area contributed by atoms with Crippen LogP contribution in [0.1, 0.15) is 11.4 Å². The minimum Gasteiger partial charge on any atom is -0.333 e. The van der Waals surface area contributed by atoms with Crippen LogP contribution in [0, 0.1) is 5.82 Å². The molecule has 0 bridgehead atoms. The molecule has 168 valence electrons. The van der Waals surface area contributed by atoms with Crippen LogP contribution in [0.25, 0.3) is 16.8 Å². The number of hydrogen-bond acceptors (Lipinski definition) is 6. The highest BCUT2D eigenvalue weighted by molar-refractivity contribution is 5.68. The van der Waals surface area contributed by atoms with Gasteiger partial charge in [0.1, 0.15) is 5.82 Å². The van der Waals surface area contributed by atoms with Crippen LogP contribution in [0.3, 0.4) is 0 Å². The maximum absolute atomic E-state index is 14.8. The average molecular weight is 453 g/mol. The van der Waals surface area contributed by atoms with Gasteiger partial charge < -0.3 is 5.32 Å². The van der Waals surface area contributed by atoms with Gasteiger partial charge in [-0.2, -0.15) is 5.21 Å². The second-order valence-corrected chi connectivity index (χ2v) is 7.63. The van der Waals surface area contributed by atoms with E-state index in [-0.39, 0.29) is 17.1 Å². The number of anilines is 2. The Morgan fingerprint density at radius 2 is 1.76 bits per heavy atom. The Morgan fingerprint density at radius 1 is 0.941 bits per heavy atom. The predicted molar refractivity (Wildman–Crippen MR) is 127 cm³/mol. The summed E-state index contributed by atoms with van der Waals surface area (Å²) in [6, 6.07) is 22.0. The molecule has 0 aliphatic heterocycles. The first-order chi connectivity index (χ1) is 16.7. The number of H-pyrrole nitrogens is 1. The smallest absolute Gasteiger partial charge is 0.298 e. The van der Waals surface area contributed by atoms with Gasteiger partial charge in [0.05, 0.1) is 5.69 Å². The van der Waals surface area contributed by atoms with Crippen LogP contribution in [-0.2, 0) is 12.8 Å². The fraction of sp³-hybridized carbons (Fsp3) is 0.0800. The number of benzene rings is 3. The Balaban J connectivity index is 1.34. The van der Waals surface area contributed by atoms with E-state index in [2.05, 4.69) is 30.9 Å². The number of halogens is 1. The summed E-state index contributed by atoms with van der Waals surface area (Å²) < 4.78 is 16.2. The summed E-state index contributed by atoms with van der Waals surface area (Å²) in [4.78, 5) is 17.2. The van der Waals surface area contributed by atoms with E-state index in [9.17, 15) is 9.18 Å². The third-order valence-corrected chi connectivity index (χ3v) is 5.41. The largest absolute Gasteiger partial charge is 0.333 e. The van der Waals surface area contributed by atoms with E-state index in [1.54, 1.807) is 18.3 Å². The number of rotatable bonds is 7. The Hall–Kier alpha value is -4.66. The Labute approximate surface area is 194 Å². The van der Waals surface area contributed by atoms with E-state index in [1.165, 1.54) is 16.8 Å². The van der Waals surface area contributed by atoms with Gasteiger partial charge in [0.2, 0.25) is 0 Å². The Bertz CT molecular complexity index is 1450. The molecule has 0 amide bonds. The van der Waals surface area contributed by atoms with E-state index in [0.29, 0.717) is 17.9 Å². The number of hydrogen-bond donors (Lipinski definition) is 2. The number of aryl methyl sites for hydroxylation is 2. The molecule has 0 atom stereocenters. The van der Waals surface area contributed by atoms with Gasteiger partial charge in [-0.1, -0.05) is 53.7 Å². The molecule has 0 aliphatic rings. The molecular formula is C25H20FN7O. The lowest BCUT2D eigenvalue weighted by Gasteiger charge is -2.11. The first-order valence-corrected chi connectivity index (χ1v) is 10.7.